The fourth-order valence-corrected chi connectivity index (χ4v) is 3.60. The number of esters is 1. The van der Waals surface area contributed by atoms with Crippen molar-refractivity contribution in [1.29, 1.82) is 0 Å². The van der Waals surface area contributed by atoms with Crippen LogP contribution >= 0.6 is 0 Å². The molecular weight excluding hydrogens is 563 g/mol. The lowest BCUT2D eigenvalue weighted by Crippen LogP contribution is -2.21. The van der Waals surface area contributed by atoms with Gasteiger partial charge in [0.25, 0.3) is 0 Å². The van der Waals surface area contributed by atoms with E-state index in [-0.39, 0.29) is 32.0 Å². The van der Waals surface area contributed by atoms with Crippen LogP contribution in [0.15, 0.2) is 72.8 Å². The van der Waals surface area contributed by atoms with Crippen LogP contribution in [0.3, 0.4) is 0 Å². The molecule has 42 heavy (non-hydrogen) atoms. The quantitative estimate of drug-likeness (QED) is 0.0635. The molecule has 0 atom stereocenters. The number of halogens is 5. The van der Waals surface area contributed by atoms with Crippen LogP contribution in [0.4, 0.5) is 33.3 Å². The van der Waals surface area contributed by atoms with Gasteiger partial charge in [-0.1, -0.05) is 12.1 Å². The van der Waals surface area contributed by atoms with E-state index in [0.29, 0.717) is 41.3 Å². The first-order valence-electron chi connectivity index (χ1n) is 13.0. The molecule has 0 aliphatic carbocycles. The second-order valence-electron chi connectivity index (χ2n) is 9.13. The van der Waals surface area contributed by atoms with Gasteiger partial charge in [-0.25, -0.2) is 4.79 Å². The van der Waals surface area contributed by atoms with Crippen LogP contribution in [0, 0.1) is 0 Å². The lowest BCUT2D eigenvalue weighted by Gasteiger charge is -2.18. The van der Waals surface area contributed by atoms with Crippen molar-refractivity contribution < 1.29 is 45.7 Å². The smallest absolute Gasteiger partial charge is 0.426 e. The summed E-state index contributed by atoms with van der Waals surface area (Å²) in [5, 5.41) is 0. The van der Waals surface area contributed by atoms with Crippen molar-refractivity contribution in [3.63, 3.8) is 0 Å². The summed E-state index contributed by atoms with van der Waals surface area (Å²) in [6.45, 7) is 0.239. The van der Waals surface area contributed by atoms with Crippen LogP contribution in [-0.4, -0.2) is 32.0 Å². The number of benzene rings is 3. The summed E-state index contributed by atoms with van der Waals surface area (Å²) in [6.07, 6.45) is -5.24. The van der Waals surface area contributed by atoms with Gasteiger partial charge in [0.05, 0.1) is 17.9 Å². The number of alkyl halides is 5. The molecule has 0 spiro atoms. The zero-order valence-electron chi connectivity index (χ0n) is 22.5. The van der Waals surface area contributed by atoms with E-state index >= 15 is 0 Å². The molecule has 0 amide bonds. The minimum atomic E-state index is -4.17. The Morgan fingerprint density at radius 3 is 2.12 bits per heavy atom. The Labute approximate surface area is 239 Å². The van der Waals surface area contributed by atoms with Crippen molar-refractivity contribution >= 4 is 23.4 Å². The molecule has 0 saturated carbocycles. The molecule has 12 heteroatoms. The summed E-state index contributed by atoms with van der Waals surface area (Å²) >= 11 is 0. The Balaban J connectivity index is 1.40. The molecule has 0 bridgehead atoms. The summed E-state index contributed by atoms with van der Waals surface area (Å²) in [6, 6.07) is 15.4. The van der Waals surface area contributed by atoms with Gasteiger partial charge in [-0.05, 0) is 85.5 Å². The van der Waals surface area contributed by atoms with Crippen LogP contribution in [0.5, 0.6) is 17.2 Å². The molecule has 4 N–H and O–H groups in total. The molecule has 226 valence electrons. The van der Waals surface area contributed by atoms with Crippen LogP contribution < -0.4 is 25.7 Å². The van der Waals surface area contributed by atoms with Gasteiger partial charge in [0.2, 0.25) is 0 Å². The Hall–Kier alpha value is -4.48. The highest BCUT2D eigenvalue weighted by Crippen LogP contribution is 2.33. The minimum Gasteiger partial charge on any atom is -0.494 e. The Morgan fingerprint density at radius 2 is 1.45 bits per heavy atom. The molecule has 0 fully saturated rings. The van der Waals surface area contributed by atoms with Gasteiger partial charge >= 0.3 is 18.3 Å². The molecule has 0 saturated heterocycles. The second-order valence-corrected chi connectivity index (χ2v) is 9.13. The van der Waals surface area contributed by atoms with Crippen LogP contribution in [0.25, 0.3) is 6.08 Å². The third-order valence-corrected chi connectivity index (χ3v) is 5.72. The fraction of sp³-hybridized carbons (Fsp3) is 0.300. The maximum atomic E-state index is 14.7. The molecule has 3 aromatic rings. The van der Waals surface area contributed by atoms with Crippen molar-refractivity contribution in [2.75, 3.05) is 31.3 Å². The van der Waals surface area contributed by atoms with Crippen molar-refractivity contribution in [3.8, 4) is 17.2 Å². The van der Waals surface area contributed by atoms with Crippen LogP contribution in [0.2, 0.25) is 0 Å². The van der Waals surface area contributed by atoms with Gasteiger partial charge in [-0.3, -0.25) is 0 Å². The number of carbonyl (C=O) groups excluding carboxylic acids is 1. The molecular formula is C30H31F5N2O5. The number of ether oxygens (including phenoxy) is 4. The van der Waals surface area contributed by atoms with Crippen LogP contribution in [-0.2, 0) is 15.6 Å². The van der Waals surface area contributed by atoms with E-state index in [4.69, 9.17) is 30.4 Å². The molecule has 3 rings (SSSR count). The molecule has 3 aromatic carbocycles. The molecule has 0 radical (unpaired) electrons. The van der Waals surface area contributed by atoms with Gasteiger partial charge in [-0.15, -0.1) is 0 Å². The van der Waals surface area contributed by atoms with Crippen molar-refractivity contribution in [1.82, 2.24) is 0 Å². The van der Waals surface area contributed by atoms with E-state index in [9.17, 15) is 26.7 Å². The Bertz CT molecular complexity index is 1310. The molecule has 0 aromatic heterocycles. The van der Waals surface area contributed by atoms with Gasteiger partial charge in [0.1, 0.15) is 30.5 Å². The summed E-state index contributed by atoms with van der Waals surface area (Å²) in [5.41, 5.74) is 12.4. The number of unbranched alkanes of at least 4 members (excludes halogenated alkanes) is 2. The molecule has 0 unspecified atom stereocenters. The molecule has 7 nitrogen and oxygen atoms in total. The average molecular weight is 595 g/mol. The normalized spacial score (nSPS) is 11.8. The second kappa shape index (κ2) is 14.9. The van der Waals surface area contributed by atoms with Crippen molar-refractivity contribution in [3.05, 3.63) is 83.9 Å². The van der Waals surface area contributed by atoms with Gasteiger partial charge in [-0.2, -0.15) is 22.0 Å². The SMILES string of the molecule is Nc1ccc(OCCOC(=O)/C=C/c2ccc(OC(F)(F)c3ccc(OCCCCCC(F)(F)F)cc3)cc2)c(N)c1. The number of carbonyl (C=O) groups is 1. The van der Waals surface area contributed by atoms with E-state index in [0.717, 1.165) is 12.1 Å². The lowest BCUT2D eigenvalue weighted by molar-refractivity contribution is -0.185. The fourth-order valence-electron chi connectivity index (χ4n) is 3.60. The average Bonchev–Trinajstić information content (AvgIpc) is 2.93. The maximum Gasteiger partial charge on any atom is 0.426 e. The van der Waals surface area contributed by atoms with E-state index in [2.05, 4.69) is 0 Å². The molecule has 0 aliphatic heterocycles. The first kappa shape index (κ1) is 32.0. The number of hydrogen-bond acceptors (Lipinski definition) is 7. The van der Waals surface area contributed by atoms with Gasteiger partial charge in [0, 0.05) is 18.2 Å². The van der Waals surface area contributed by atoms with E-state index in [1.165, 1.54) is 48.6 Å². The number of hydrogen-bond donors (Lipinski definition) is 2. The maximum absolute atomic E-state index is 14.7. The third-order valence-electron chi connectivity index (χ3n) is 5.72. The monoisotopic (exact) mass is 594 g/mol. The van der Waals surface area contributed by atoms with Crippen molar-refractivity contribution in [2.45, 2.75) is 38.0 Å². The van der Waals surface area contributed by atoms with E-state index < -0.39 is 30.2 Å². The predicted octanol–water partition coefficient (Wildman–Crippen LogP) is 7.12. The lowest BCUT2D eigenvalue weighted by atomic mass is 10.2. The van der Waals surface area contributed by atoms with Gasteiger partial charge in [0.15, 0.2) is 0 Å². The standard InChI is InChI=1S/C30H31F5N2O5/c31-29(32,33)16-2-1-3-17-39-24-12-7-22(8-13-24)30(34,35)42-25-10-4-21(5-11-25)6-15-28(38)41-19-18-40-27-14-9-23(36)20-26(27)37/h4-15,20H,1-3,16-19,36-37H2/b15-6+. The third kappa shape index (κ3) is 11.2. The number of rotatable bonds is 15. The molecule has 0 heterocycles. The van der Waals surface area contributed by atoms with E-state index in [1.54, 1.807) is 18.2 Å². The highest BCUT2D eigenvalue weighted by atomic mass is 19.4. The summed E-state index contributed by atoms with van der Waals surface area (Å²) in [4.78, 5) is 11.9. The highest BCUT2D eigenvalue weighted by molar-refractivity contribution is 5.87. The summed E-state index contributed by atoms with van der Waals surface area (Å²) in [7, 11) is 0. The first-order valence-corrected chi connectivity index (χ1v) is 13.0. The zero-order valence-corrected chi connectivity index (χ0v) is 22.5. The topological polar surface area (TPSA) is 106 Å². The number of nitrogens with two attached hydrogens (primary N) is 2. The largest absolute Gasteiger partial charge is 0.494 e. The minimum absolute atomic E-state index is 0.0121. The Kier molecular flexibility index (Phi) is 11.4. The molecule has 0 aliphatic rings. The first-order chi connectivity index (χ1) is 19.9. The van der Waals surface area contributed by atoms with Gasteiger partial charge < -0.3 is 30.4 Å². The van der Waals surface area contributed by atoms with E-state index in [1.807, 2.05) is 0 Å². The Morgan fingerprint density at radius 1 is 0.762 bits per heavy atom. The van der Waals surface area contributed by atoms with Crippen molar-refractivity contribution in [2.24, 2.45) is 0 Å². The predicted molar refractivity (Wildman–Crippen MR) is 148 cm³/mol. The number of anilines is 2. The van der Waals surface area contributed by atoms with Crippen LogP contribution in [0.1, 0.15) is 36.8 Å². The zero-order chi connectivity index (χ0) is 30.6. The highest BCUT2D eigenvalue weighted by Gasteiger charge is 2.34. The number of nitrogen functional groups attached to an aromatic ring is 2. The summed E-state index contributed by atoms with van der Waals surface area (Å²) < 4.78 is 86.5. The summed E-state index contributed by atoms with van der Waals surface area (Å²) in [5.74, 6) is 0.0190.